The molecule has 1 unspecified atom stereocenters. The number of esters is 1. The van der Waals surface area contributed by atoms with E-state index in [1.54, 1.807) is 6.07 Å². The van der Waals surface area contributed by atoms with E-state index in [1.165, 1.54) is 25.1 Å². The molecule has 0 fully saturated rings. The second kappa shape index (κ2) is 9.98. The van der Waals surface area contributed by atoms with Crippen molar-refractivity contribution < 1.29 is 27.8 Å². The lowest BCUT2D eigenvalue weighted by Gasteiger charge is -2.15. The summed E-state index contributed by atoms with van der Waals surface area (Å²) in [4.78, 5) is 32.5. The summed E-state index contributed by atoms with van der Waals surface area (Å²) in [5, 5.41) is 2.84. The van der Waals surface area contributed by atoms with Crippen LogP contribution < -0.4 is 10.1 Å². The summed E-state index contributed by atoms with van der Waals surface area (Å²) in [6, 6.07) is 7.54. The van der Waals surface area contributed by atoms with Crippen LogP contribution in [0.5, 0.6) is 5.75 Å². The molecule has 1 heterocycles. The van der Waals surface area contributed by atoms with Gasteiger partial charge in [-0.1, -0.05) is 23.9 Å². The van der Waals surface area contributed by atoms with Crippen LogP contribution in [0, 0.1) is 13.8 Å². The minimum atomic E-state index is -3.03. The fourth-order valence-electron chi connectivity index (χ4n) is 2.17. The van der Waals surface area contributed by atoms with Gasteiger partial charge in [-0.25, -0.2) is 9.97 Å². The first-order valence-electron chi connectivity index (χ1n) is 8.24. The van der Waals surface area contributed by atoms with Crippen molar-refractivity contribution in [2.75, 3.05) is 11.1 Å². The number of halogens is 2. The maximum atomic E-state index is 12.4. The number of alkyl halides is 2. The Morgan fingerprint density at radius 3 is 2.46 bits per heavy atom. The van der Waals surface area contributed by atoms with Crippen molar-refractivity contribution in [3.63, 3.8) is 0 Å². The highest BCUT2D eigenvalue weighted by Gasteiger charge is 2.20. The third kappa shape index (κ3) is 6.76. The van der Waals surface area contributed by atoms with Crippen LogP contribution in [0.2, 0.25) is 0 Å². The molecule has 1 aromatic carbocycles. The van der Waals surface area contributed by atoms with Gasteiger partial charge in [-0.05, 0) is 39.0 Å². The van der Waals surface area contributed by atoms with Crippen LogP contribution in [0.25, 0.3) is 0 Å². The molecule has 10 heteroatoms. The van der Waals surface area contributed by atoms with E-state index in [-0.39, 0.29) is 17.2 Å². The number of rotatable bonds is 8. The molecule has 0 saturated heterocycles. The van der Waals surface area contributed by atoms with E-state index in [0.717, 1.165) is 23.1 Å². The molecule has 2 rings (SSSR count). The smallest absolute Gasteiger partial charge is 0.387 e. The van der Waals surface area contributed by atoms with Crippen molar-refractivity contribution in [3.05, 3.63) is 41.7 Å². The van der Waals surface area contributed by atoms with E-state index in [4.69, 9.17) is 4.74 Å². The van der Waals surface area contributed by atoms with Gasteiger partial charge in [0.25, 0.3) is 5.91 Å². The number of aromatic nitrogens is 2. The zero-order valence-corrected chi connectivity index (χ0v) is 16.3. The first-order chi connectivity index (χ1) is 13.2. The molecular weight excluding hydrogens is 392 g/mol. The number of carbonyl (C=O) groups excluding carboxylic acids is 2. The number of aryl methyl sites for hydroxylation is 2. The van der Waals surface area contributed by atoms with Gasteiger partial charge in [0.1, 0.15) is 5.75 Å². The zero-order chi connectivity index (χ0) is 20.7. The Morgan fingerprint density at radius 1 is 1.18 bits per heavy atom. The predicted octanol–water partition coefficient (Wildman–Crippen LogP) is 3.36. The third-order valence-corrected chi connectivity index (χ3v) is 4.14. The van der Waals surface area contributed by atoms with Gasteiger partial charge in [-0.15, -0.1) is 0 Å². The summed E-state index contributed by atoms with van der Waals surface area (Å²) < 4.78 is 34.3. The number of anilines is 1. The number of carbonyl (C=O) groups is 2. The topological polar surface area (TPSA) is 90.4 Å². The van der Waals surface area contributed by atoms with E-state index in [2.05, 4.69) is 20.0 Å². The molecule has 1 N–H and O–H groups in total. The van der Waals surface area contributed by atoms with E-state index in [9.17, 15) is 18.4 Å². The predicted molar refractivity (Wildman–Crippen MR) is 99.5 cm³/mol. The lowest BCUT2D eigenvalue weighted by Crippen LogP contribution is -2.30. The molecule has 0 aliphatic carbocycles. The van der Waals surface area contributed by atoms with Gasteiger partial charge >= 0.3 is 12.6 Å². The van der Waals surface area contributed by atoms with E-state index in [0.29, 0.717) is 5.16 Å². The highest BCUT2D eigenvalue weighted by Crippen LogP contribution is 2.25. The Bertz CT molecular complexity index is 831. The average Bonchev–Trinajstić information content (AvgIpc) is 2.60. The first-order valence-corrected chi connectivity index (χ1v) is 9.22. The molecule has 150 valence electrons. The number of thioether (sulfide) groups is 1. The molecule has 2 aromatic rings. The largest absolute Gasteiger partial charge is 0.452 e. The number of nitrogens with zero attached hydrogens (tertiary/aromatic N) is 2. The van der Waals surface area contributed by atoms with Gasteiger partial charge in [0.05, 0.1) is 11.4 Å². The fraction of sp³-hybridized carbons (Fsp3) is 0.333. The van der Waals surface area contributed by atoms with Gasteiger partial charge in [0.15, 0.2) is 11.3 Å². The van der Waals surface area contributed by atoms with E-state index >= 15 is 0 Å². The molecule has 0 saturated carbocycles. The Labute approximate surface area is 164 Å². The lowest BCUT2D eigenvalue weighted by atomic mass is 10.2. The first kappa shape index (κ1) is 21.5. The summed E-state index contributed by atoms with van der Waals surface area (Å²) in [6.07, 6.45) is -1.13. The minimum Gasteiger partial charge on any atom is -0.452 e. The molecule has 1 atom stereocenters. The van der Waals surface area contributed by atoms with Gasteiger partial charge in [0, 0.05) is 11.4 Å². The van der Waals surface area contributed by atoms with Gasteiger partial charge in [0.2, 0.25) is 0 Å². The van der Waals surface area contributed by atoms with Crippen LogP contribution in [-0.2, 0) is 14.3 Å². The second-order valence-corrected chi connectivity index (χ2v) is 6.66. The highest BCUT2D eigenvalue weighted by molar-refractivity contribution is 7.99. The Hall–Kier alpha value is -2.75. The van der Waals surface area contributed by atoms with E-state index in [1.807, 2.05) is 19.9 Å². The van der Waals surface area contributed by atoms with Crippen molar-refractivity contribution >= 4 is 29.3 Å². The highest BCUT2D eigenvalue weighted by atomic mass is 32.2. The summed E-state index contributed by atoms with van der Waals surface area (Å²) in [7, 11) is 0. The molecule has 1 amide bonds. The van der Waals surface area contributed by atoms with Crippen molar-refractivity contribution in [3.8, 4) is 5.75 Å². The number of hydrogen-bond acceptors (Lipinski definition) is 7. The standard InChI is InChI=1S/C18H19F2N3O4S/c1-10-8-11(2)22-18(21-10)28-9-15(24)26-12(3)16(25)23-13-6-4-5-7-14(13)27-17(19)20/h4-8,12,17H,9H2,1-3H3,(H,23,25). The average molecular weight is 411 g/mol. The van der Waals surface area contributed by atoms with Gasteiger partial charge in [-0.2, -0.15) is 8.78 Å². The monoisotopic (exact) mass is 411 g/mol. The maximum Gasteiger partial charge on any atom is 0.387 e. The molecular formula is C18H19F2N3O4S. The van der Waals surface area contributed by atoms with Crippen LogP contribution >= 0.6 is 11.8 Å². The molecule has 0 spiro atoms. The normalized spacial score (nSPS) is 11.8. The second-order valence-electron chi connectivity index (χ2n) is 5.72. The molecule has 0 aliphatic heterocycles. The van der Waals surface area contributed by atoms with Crippen molar-refractivity contribution in [1.82, 2.24) is 9.97 Å². The molecule has 0 radical (unpaired) electrons. The summed E-state index contributed by atoms with van der Waals surface area (Å²) in [6.45, 7) is 1.98. The van der Waals surface area contributed by atoms with Gasteiger partial charge < -0.3 is 14.8 Å². The Balaban J connectivity index is 1.89. The number of hydrogen-bond donors (Lipinski definition) is 1. The molecule has 7 nitrogen and oxygen atoms in total. The van der Waals surface area contributed by atoms with Crippen molar-refractivity contribution in [2.45, 2.75) is 38.6 Å². The van der Waals surface area contributed by atoms with Crippen LogP contribution in [0.1, 0.15) is 18.3 Å². The summed E-state index contributed by atoms with van der Waals surface area (Å²) in [5.41, 5.74) is 1.61. The Morgan fingerprint density at radius 2 is 1.82 bits per heavy atom. The number of benzene rings is 1. The quantitative estimate of drug-likeness (QED) is 0.405. The molecule has 0 aliphatic rings. The number of ether oxygens (including phenoxy) is 2. The fourth-order valence-corrected chi connectivity index (χ4v) is 2.90. The van der Waals surface area contributed by atoms with Crippen molar-refractivity contribution in [1.29, 1.82) is 0 Å². The van der Waals surface area contributed by atoms with Crippen LogP contribution in [0.4, 0.5) is 14.5 Å². The van der Waals surface area contributed by atoms with Crippen LogP contribution in [0.3, 0.4) is 0 Å². The minimum absolute atomic E-state index is 0.0497. The van der Waals surface area contributed by atoms with E-state index < -0.39 is 24.6 Å². The SMILES string of the molecule is Cc1cc(C)nc(SCC(=O)OC(C)C(=O)Nc2ccccc2OC(F)F)n1. The van der Waals surface area contributed by atoms with Crippen molar-refractivity contribution in [2.24, 2.45) is 0 Å². The molecule has 28 heavy (non-hydrogen) atoms. The number of amides is 1. The molecule has 1 aromatic heterocycles. The van der Waals surface area contributed by atoms with Gasteiger partial charge in [-0.3, -0.25) is 9.59 Å². The maximum absolute atomic E-state index is 12.4. The molecule has 0 bridgehead atoms. The number of para-hydroxylation sites is 2. The summed E-state index contributed by atoms with van der Waals surface area (Å²) in [5.74, 6) is -1.57. The number of nitrogens with one attached hydrogen (secondary N) is 1. The summed E-state index contributed by atoms with van der Waals surface area (Å²) >= 11 is 1.09. The third-order valence-electron chi connectivity index (χ3n) is 3.32. The lowest BCUT2D eigenvalue weighted by molar-refractivity contribution is -0.150. The zero-order valence-electron chi connectivity index (χ0n) is 15.4. The van der Waals surface area contributed by atoms with Crippen LogP contribution in [0.15, 0.2) is 35.5 Å². The Kier molecular flexibility index (Phi) is 7.68. The van der Waals surface area contributed by atoms with Crippen LogP contribution in [-0.4, -0.2) is 40.3 Å².